The molecule has 5 aromatic rings. The number of benzene rings is 3. The van der Waals surface area contributed by atoms with Gasteiger partial charge in [-0.15, -0.1) is 22.7 Å². The number of nitrogens with one attached hydrogen (secondary N) is 1. The third-order valence-corrected chi connectivity index (χ3v) is 9.95. The van der Waals surface area contributed by atoms with E-state index < -0.39 is 5.92 Å². The highest BCUT2D eigenvalue weighted by Crippen LogP contribution is 2.46. The molecular weight excluding hydrogens is 556 g/mol. The topological polar surface area (TPSA) is 65.5 Å². The predicted molar refractivity (Wildman–Crippen MR) is 163 cm³/mol. The molecule has 2 aromatic heterocycles. The number of carbonyl (C=O) groups is 2. The van der Waals surface area contributed by atoms with E-state index in [1.807, 2.05) is 24.3 Å². The Kier molecular flexibility index (Phi) is 6.86. The van der Waals surface area contributed by atoms with Gasteiger partial charge in [-0.1, -0.05) is 42.5 Å². The van der Waals surface area contributed by atoms with Gasteiger partial charge in [0.15, 0.2) is 0 Å². The zero-order chi connectivity index (χ0) is 27.9. The van der Waals surface area contributed by atoms with Crippen molar-refractivity contribution in [1.82, 2.24) is 9.88 Å². The van der Waals surface area contributed by atoms with E-state index in [2.05, 4.69) is 40.5 Å². The lowest BCUT2D eigenvalue weighted by atomic mass is 10.0. The minimum atomic E-state index is -0.496. The van der Waals surface area contributed by atoms with Gasteiger partial charge in [-0.2, -0.15) is 0 Å². The summed E-state index contributed by atoms with van der Waals surface area (Å²) >= 11 is 3.26. The van der Waals surface area contributed by atoms with E-state index in [1.165, 1.54) is 28.1 Å². The van der Waals surface area contributed by atoms with Gasteiger partial charge in [-0.05, 0) is 53.9 Å². The van der Waals surface area contributed by atoms with E-state index in [0.29, 0.717) is 5.69 Å². The summed E-state index contributed by atoms with van der Waals surface area (Å²) in [6.45, 7) is 2.87. The third kappa shape index (κ3) is 5.16. The number of rotatable bonds is 6. The lowest BCUT2D eigenvalue weighted by Gasteiger charge is -2.27. The number of para-hydroxylation sites is 1. The Bertz CT molecular complexity index is 1720. The molecule has 1 unspecified atom stereocenters. The zero-order valence-electron chi connectivity index (χ0n) is 22.2. The zero-order valence-corrected chi connectivity index (χ0v) is 23.8. The van der Waals surface area contributed by atoms with E-state index in [1.54, 1.807) is 39.7 Å². The van der Waals surface area contributed by atoms with Crippen molar-refractivity contribution in [3.05, 3.63) is 101 Å². The SMILES string of the molecule is O=C(Nc1sc2c(c1-c1nc3ccccc3s1)CCN(Cc1ccccc1)C2)C1CC(=O)N(c2ccc(F)cc2)C1. The molecule has 1 fully saturated rings. The smallest absolute Gasteiger partial charge is 0.230 e. The van der Waals surface area contributed by atoms with Gasteiger partial charge in [0.05, 0.1) is 16.1 Å². The minimum absolute atomic E-state index is 0.121. The molecule has 7 rings (SSSR count). The average molecular weight is 583 g/mol. The normalized spacial score (nSPS) is 17.2. The van der Waals surface area contributed by atoms with Crippen LogP contribution in [-0.4, -0.2) is 34.8 Å². The number of fused-ring (bicyclic) bond motifs is 2. The Hall–Kier alpha value is -3.92. The van der Waals surface area contributed by atoms with E-state index in [4.69, 9.17) is 4.98 Å². The van der Waals surface area contributed by atoms with Gasteiger partial charge in [0.1, 0.15) is 15.8 Å². The average Bonchev–Trinajstić information content (AvgIpc) is 3.68. The molecule has 3 aromatic carbocycles. The van der Waals surface area contributed by atoms with Crippen LogP contribution in [0.15, 0.2) is 78.9 Å². The fourth-order valence-electron chi connectivity index (χ4n) is 5.69. The number of aromatic nitrogens is 1. The maximum Gasteiger partial charge on any atom is 0.230 e. The summed E-state index contributed by atoms with van der Waals surface area (Å²) in [5, 5.41) is 4.92. The van der Waals surface area contributed by atoms with Gasteiger partial charge in [-0.3, -0.25) is 14.5 Å². The van der Waals surface area contributed by atoms with Crippen LogP contribution in [0.2, 0.25) is 0 Å². The molecule has 206 valence electrons. The van der Waals surface area contributed by atoms with Crippen LogP contribution in [0.4, 0.5) is 15.1 Å². The maximum atomic E-state index is 13.6. The monoisotopic (exact) mass is 582 g/mol. The summed E-state index contributed by atoms with van der Waals surface area (Å²) in [6, 6.07) is 24.4. The quantitative estimate of drug-likeness (QED) is 0.242. The second kappa shape index (κ2) is 10.8. The first-order valence-corrected chi connectivity index (χ1v) is 15.3. The number of halogens is 1. The van der Waals surface area contributed by atoms with Crippen molar-refractivity contribution in [3.63, 3.8) is 0 Å². The lowest BCUT2D eigenvalue weighted by molar-refractivity contribution is -0.122. The van der Waals surface area contributed by atoms with Crippen LogP contribution in [0.3, 0.4) is 0 Å². The van der Waals surface area contributed by atoms with E-state index in [0.717, 1.165) is 51.8 Å². The molecule has 1 saturated heterocycles. The molecule has 0 spiro atoms. The highest BCUT2D eigenvalue weighted by atomic mass is 32.1. The van der Waals surface area contributed by atoms with Crippen molar-refractivity contribution in [1.29, 1.82) is 0 Å². The highest BCUT2D eigenvalue weighted by Gasteiger charge is 2.36. The van der Waals surface area contributed by atoms with E-state index in [9.17, 15) is 14.0 Å². The summed E-state index contributed by atoms with van der Waals surface area (Å²) in [4.78, 5) is 36.6. The van der Waals surface area contributed by atoms with Crippen LogP contribution in [0.1, 0.15) is 22.4 Å². The van der Waals surface area contributed by atoms with Gasteiger partial charge >= 0.3 is 0 Å². The van der Waals surface area contributed by atoms with Crippen molar-refractivity contribution < 1.29 is 14.0 Å². The maximum absolute atomic E-state index is 13.6. The summed E-state index contributed by atoms with van der Waals surface area (Å²) in [7, 11) is 0. The minimum Gasteiger partial charge on any atom is -0.317 e. The number of hydrogen-bond donors (Lipinski definition) is 1. The van der Waals surface area contributed by atoms with Crippen molar-refractivity contribution in [3.8, 4) is 10.6 Å². The summed E-state index contributed by atoms with van der Waals surface area (Å²) < 4.78 is 14.5. The molecule has 0 radical (unpaired) electrons. The van der Waals surface area contributed by atoms with Crippen LogP contribution in [0.5, 0.6) is 0 Å². The fourth-order valence-corrected chi connectivity index (χ4v) is 8.10. The van der Waals surface area contributed by atoms with Gasteiger partial charge < -0.3 is 10.2 Å². The Labute approximate surface area is 245 Å². The molecule has 1 N–H and O–H groups in total. The molecule has 2 aliphatic rings. The highest BCUT2D eigenvalue weighted by molar-refractivity contribution is 7.23. The first kappa shape index (κ1) is 26.0. The number of anilines is 2. The Morgan fingerprint density at radius 1 is 1.00 bits per heavy atom. The molecule has 0 aliphatic carbocycles. The Morgan fingerprint density at radius 3 is 2.59 bits per heavy atom. The Balaban J connectivity index is 1.18. The third-order valence-electron chi connectivity index (χ3n) is 7.76. The molecule has 0 bridgehead atoms. The number of thiophene rings is 1. The van der Waals surface area contributed by atoms with E-state index >= 15 is 0 Å². The summed E-state index contributed by atoms with van der Waals surface area (Å²) in [5.74, 6) is -1.17. The van der Waals surface area contributed by atoms with Crippen LogP contribution < -0.4 is 10.2 Å². The fraction of sp³-hybridized carbons (Fsp3) is 0.219. The standard InChI is InChI=1S/C32H27FN4O2S2/c33-22-10-12-23(13-11-22)37-18-21(16-28(37)38)30(39)35-32-29(31-34-25-8-4-5-9-26(25)40-31)24-14-15-36(19-27(24)41-32)17-20-6-2-1-3-7-20/h1-13,21H,14-19H2,(H,35,39). The van der Waals surface area contributed by atoms with Crippen LogP contribution >= 0.6 is 22.7 Å². The molecule has 2 aliphatic heterocycles. The van der Waals surface area contributed by atoms with Crippen molar-refractivity contribution in [2.24, 2.45) is 5.92 Å². The largest absolute Gasteiger partial charge is 0.317 e. The van der Waals surface area contributed by atoms with Crippen molar-refractivity contribution >= 4 is 55.4 Å². The van der Waals surface area contributed by atoms with Crippen LogP contribution in [-0.2, 0) is 29.1 Å². The number of thiazole rings is 1. The van der Waals surface area contributed by atoms with Crippen LogP contribution in [0.25, 0.3) is 20.8 Å². The first-order valence-electron chi connectivity index (χ1n) is 13.7. The number of amides is 2. The molecule has 41 heavy (non-hydrogen) atoms. The Morgan fingerprint density at radius 2 is 1.78 bits per heavy atom. The summed E-state index contributed by atoms with van der Waals surface area (Å²) in [5.41, 5.74) is 5.10. The molecular formula is C32H27FN4O2S2. The van der Waals surface area contributed by atoms with Crippen molar-refractivity contribution in [2.75, 3.05) is 23.3 Å². The number of hydrogen-bond acceptors (Lipinski definition) is 6. The lowest BCUT2D eigenvalue weighted by Crippen LogP contribution is -2.29. The van der Waals surface area contributed by atoms with Gasteiger partial charge in [0.2, 0.25) is 11.8 Å². The van der Waals surface area contributed by atoms with Gasteiger partial charge in [-0.25, -0.2) is 9.37 Å². The second-order valence-electron chi connectivity index (χ2n) is 10.5. The molecule has 6 nitrogen and oxygen atoms in total. The molecule has 4 heterocycles. The number of carbonyl (C=O) groups excluding carboxylic acids is 2. The molecule has 1 atom stereocenters. The summed E-state index contributed by atoms with van der Waals surface area (Å²) in [6.07, 6.45) is 0.996. The first-order chi connectivity index (χ1) is 20.0. The van der Waals surface area contributed by atoms with Gasteiger partial charge in [0.25, 0.3) is 0 Å². The predicted octanol–water partition coefficient (Wildman–Crippen LogP) is 6.71. The van der Waals surface area contributed by atoms with Gasteiger partial charge in [0, 0.05) is 48.7 Å². The number of nitrogens with zero attached hydrogens (tertiary/aromatic N) is 3. The molecule has 0 saturated carbocycles. The molecule has 2 amide bonds. The second-order valence-corrected chi connectivity index (χ2v) is 12.6. The van der Waals surface area contributed by atoms with Crippen LogP contribution in [0, 0.1) is 11.7 Å². The van der Waals surface area contributed by atoms with Crippen molar-refractivity contribution in [2.45, 2.75) is 25.9 Å². The molecule has 9 heteroatoms. The van der Waals surface area contributed by atoms with E-state index in [-0.39, 0.29) is 30.6 Å².